The highest BCUT2D eigenvalue weighted by Gasteiger charge is 2.12. The first-order chi connectivity index (χ1) is 13.0. The molecule has 5 nitrogen and oxygen atoms in total. The minimum Gasteiger partial charge on any atom is -0.493 e. The Morgan fingerprint density at radius 2 is 2.04 bits per heavy atom. The van der Waals surface area contributed by atoms with Gasteiger partial charge in [-0.15, -0.1) is 0 Å². The normalized spacial score (nSPS) is 10.7. The number of carbonyl (C=O) groups excluding carboxylic acids is 1. The zero-order valence-electron chi connectivity index (χ0n) is 15.7. The Kier molecular flexibility index (Phi) is 6.79. The lowest BCUT2D eigenvalue weighted by molar-refractivity contribution is -0.112. The molecule has 0 saturated carbocycles. The zero-order valence-corrected chi connectivity index (χ0v) is 15.7. The number of rotatable bonds is 7. The van der Waals surface area contributed by atoms with Crippen LogP contribution >= 0.6 is 0 Å². The molecule has 0 spiro atoms. The van der Waals surface area contributed by atoms with Crippen molar-refractivity contribution in [2.75, 3.05) is 19.0 Å². The van der Waals surface area contributed by atoms with Crippen LogP contribution in [0.2, 0.25) is 0 Å². The number of methoxy groups -OCH3 is 1. The van der Waals surface area contributed by atoms with Crippen LogP contribution in [0.5, 0.6) is 11.5 Å². The highest BCUT2D eigenvalue weighted by Crippen LogP contribution is 2.29. The predicted octanol–water partition coefficient (Wildman–Crippen LogP) is 4.42. The summed E-state index contributed by atoms with van der Waals surface area (Å²) in [5, 5.41) is 12.2. The molecule has 0 unspecified atom stereocenters. The molecule has 0 aliphatic rings. The van der Waals surface area contributed by atoms with E-state index in [9.17, 15) is 10.1 Å². The number of nitrogens with zero attached hydrogens (tertiary/aromatic N) is 1. The van der Waals surface area contributed by atoms with E-state index in [1.165, 1.54) is 13.2 Å². The summed E-state index contributed by atoms with van der Waals surface area (Å²) >= 11 is 0. The minimum atomic E-state index is -0.461. The van der Waals surface area contributed by atoms with Crippen molar-refractivity contribution in [3.63, 3.8) is 0 Å². The molecule has 1 amide bonds. The summed E-state index contributed by atoms with van der Waals surface area (Å²) in [6.07, 6.45) is 3.15. The number of ether oxygens (including phenoxy) is 2. The maximum absolute atomic E-state index is 12.5. The summed E-state index contributed by atoms with van der Waals surface area (Å²) in [7, 11) is 1.53. The molecule has 138 valence electrons. The van der Waals surface area contributed by atoms with E-state index in [0.29, 0.717) is 29.4 Å². The van der Waals surface area contributed by atoms with Gasteiger partial charge in [-0.25, -0.2) is 0 Å². The molecule has 2 rings (SSSR count). The second kappa shape index (κ2) is 9.25. The lowest BCUT2D eigenvalue weighted by Crippen LogP contribution is -2.14. The first kappa shape index (κ1) is 19.8. The van der Waals surface area contributed by atoms with Gasteiger partial charge < -0.3 is 14.8 Å². The van der Waals surface area contributed by atoms with Crippen LogP contribution < -0.4 is 14.8 Å². The maximum Gasteiger partial charge on any atom is 0.266 e. The van der Waals surface area contributed by atoms with Crippen LogP contribution in [0.4, 0.5) is 5.69 Å². The molecular weight excluding hydrogens is 340 g/mol. The predicted molar refractivity (Wildman–Crippen MR) is 107 cm³/mol. The molecule has 5 heteroatoms. The Balaban J connectivity index is 2.27. The Morgan fingerprint density at radius 3 is 2.70 bits per heavy atom. The summed E-state index contributed by atoms with van der Waals surface area (Å²) in [5.74, 6) is 0.614. The van der Waals surface area contributed by atoms with Crippen molar-refractivity contribution < 1.29 is 14.3 Å². The van der Waals surface area contributed by atoms with Gasteiger partial charge in [-0.2, -0.15) is 5.26 Å². The maximum atomic E-state index is 12.5. The number of hydrogen-bond acceptors (Lipinski definition) is 4. The average molecular weight is 362 g/mol. The van der Waals surface area contributed by atoms with Crippen LogP contribution in [0.1, 0.15) is 16.7 Å². The third-order valence-electron chi connectivity index (χ3n) is 4.07. The smallest absolute Gasteiger partial charge is 0.266 e. The van der Waals surface area contributed by atoms with Crippen LogP contribution in [-0.4, -0.2) is 19.6 Å². The molecular formula is C22H22N2O3. The summed E-state index contributed by atoms with van der Waals surface area (Å²) in [5.41, 5.74) is 3.37. The largest absolute Gasteiger partial charge is 0.493 e. The van der Waals surface area contributed by atoms with Crippen LogP contribution in [0.25, 0.3) is 6.08 Å². The summed E-state index contributed by atoms with van der Waals surface area (Å²) < 4.78 is 10.8. The molecule has 0 atom stereocenters. The van der Waals surface area contributed by atoms with Gasteiger partial charge in [0.25, 0.3) is 5.91 Å². The van der Waals surface area contributed by atoms with Crippen LogP contribution in [0.15, 0.2) is 54.6 Å². The molecule has 0 bridgehead atoms. The van der Waals surface area contributed by atoms with Crippen molar-refractivity contribution in [2.45, 2.75) is 13.8 Å². The highest BCUT2D eigenvalue weighted by atomic mass is 16.5. The number of anilines is 1. The van der Waals surface area contributed by atoms with Crippen LogP contribution in [0, 0.1) is 25.2 Å². The fraction of sp³-hybridized carbons (Fsp3) is 0.182. The summed E-state index contributed by atoms with van der Waals surface area (Å²) in [4.78, 5) is 12.5. The average Bonchev–Trinajstić information content (AvgIpc) is 2.68. The number of carbonyl (C=O) groups is 1. The minimum absolute atomic E-state index is 0.00211. The van der Waals surface area contributed by atoms with E-state index in [1.54, 1.807) is 24.3 Å². The Labute approximate surface area is 159 Å². The number of hydrogen-bond donors (Lipinski definition) is 1. The van der Waals surface area contributed by atoms with Gasteiger partial charge in [0.05, 0.1) is 7.11 Å². The third-order valence-corrected chi connectivity index (χ3v) is 4.07. The second-order valence-corrected chi connectivity index (χ2v) is 5.88. The van der Waals surface area contributed by atoms with Crippen LogP contribution in [-0.2, 0) is 4.79 Å². The van der Waals surface area contributed by atoms with Gasteiger partial charge in [0.1, 0.15) is 18.2 Å². The lowest BCUT2D eigenvalue weighted by Gasteiger charge is -2.11. The van der Waals surface area contributed by atoms with Crippen molar-refractivity contribution >= 4 is 17.7 Å². The first-order valence-electron chi connectivity index (χ1n) is 8.41. The standard InChI is InChI=1S/C22H22N2O3/c1-5-11-27-20-10-9-17(13-21(20)26-4)12-18(14-23)22(25)24-19-8-6-7-15(2)16(19)3/h5-10,12-13H,1,11H2,2-4H3,(H,24,25)/b18-12-. The van der Waals surface area contributed by atoms with Crippen molar-refractivity contribution in [2.24, 2.45) is 0 Å². The Morgan fingerprint density at radius 1 is 1.26 bits per heavy atom. The Hall–Kier alpha value is -3.52. The molecule has 0 fully saturated rings. The molecule has 1 N–H and O–H groups in total. The fourth-order valence-corrected chi connectivity index (χ4v) is 2.43. The lowest BCUT2D eigenvalue weighted by atomic mass is 10.1. The molecule has 27 heavy (non-hydrogen) atoms. The summed E-state index contributed by atoms with van der Waals surface area (Å²) in [6, 6.07) is 12.8. The highest BCUT2D eigenvalue weighted by molar-refractivity contribution is 6.10. The number of aryl methyl sites for hydroxylation is 1. The number of benzene rings is 2. The van der Waals surface area contributed by atoms with Crippen molar-refractivity contribution in [3.8, 4) is 17.6 Å². The zero-order chi connectivity index (χ0) is 19.8. The molecule has 0 aromatic heterocycles. The SMILES string of the molecule is C=CCOc1ccc(/C=C(/C#N)C(=O)Nc2cccc(C)c2C)cc1OC. The van der Waals surface area contributed by atoms with Crippen molar-refractivity contribution in [1.29, 1.82) is 5.26 Å². The number of amides is 1. The van der Waals surface area contributed by atoms with E-state index in [1.807, 2.05) is 38.1 Å². The van der Waals surface area contributed by atoms with Gasteiger partial charge >= 0.3 is 0 Å². The monoisotopic (exact) mass is 362 g/mol. The number of nitriles is 1. The molecule has 0 aliphatic carbocycles. The second-order valence-electron chi connectivity index (χ2n) is 5.88. The van der Waals surface area contributed by atoms with E-state index in [-0.39, 0.29) is 5.57 Å². The topological polar surface area (TPSA) is 71.3 Å². The van der Waals surface area contributed by atoms with Crippen LogP contribution in [0.3, 0.4) is 0 Å². The first-order valence-corrected chi connectivity index (χ1v) is 8.41. The van der Waals surface area contributed by atoms with Gasteiger partial charge in [-0.3, -0.25) is 4.79 Å². The number of nitrogens with one attached hydrogen (secondary N) is 1. The van der Waals surface area contributed by atoms with Gasteiger partial charge in [-0.1, -0.05) is 30.9 Å². The molecule has 0 radical (unpaired) electrons. The van der Waals surface area contributed by atoms with E-state index >= 15 is 0 Å². The molecule has 0 saturated heterocycles. The quantitative estimate of drug-likeness (QED) is 0.449. The van der Waals surface area contributed by atoms with Gasteiger partial charge in [-0.05, 0) is 54.8 Å². The molecule has 0 heterocycles. The summed E-state index contributed by atoms with van der Waals surface area (Å²) in [6.45, 7) is 7.85. The molecule has 2 aromatic carbocycles. The van der Waals surface area contributed by atoms with Gasteiger partial charge in [0.15, 0.2) is 11.5 Å². The molecule has 2 aromatic rings. The van der Waals surface area contributed by atoms with Gasteiger partial charge in [0.2, 0.25) is 0 Å². The van der Waals surface area contributed by atoms with Crippen molar-refractivity contribution in [3.05, 3.63) is 71.3 Å². The van der Waals surface area contributed by atoms with Gasteiger partial charge in [0, 0.05) is 5.69 Å². The van der Waals surface area contributed by atoms with Crippen molar-refractivity contribution in [1.82, 2.24) is 0 Å². The Bertz CT molecular complexity index is 924. The third kappa shape index (κ3) is 4.99. The van der Waals surface area contributed by atoms with E-state index in [4.69, 9.17) is 9.47 Å². The van der Waals surface area contributed by atoms with E-state index in [2.05, 4.69) is 11.9 Å². The van der Waals surface area contributed by atoms with E-state index < -0.39 is 5.91 Å². The fourth-order valence-electron chi connectivity index (χ4n) is 2.43. The molecule has 0 aliphatic heterocycles. The van der Waals surface area contributed by atoms with E-state index in [0.717, 1.165) is 11.1 Å².